The SMILES string of the molecule is CN1CCC[C@@H]1C(=O)N1CCN(C[C@H]2CCC=CO2)CC1. The molecule has 0 saturated carbocycles. The van der Waals surface area contributed by atoms with Gasteiger partial charge in [-0.2, -0.15) is 0 Å². The number of likely N-dealkylation sites (tertiary alicyclic amines) is 1. The number of carbonyl (C=O) groups excluding carboxylic acids is 1. The molecule has 0 bridgehead atoms. The molecule has 3 heterocycles. The lowest BCUT2D eigenvalue weighted by Gasteiger charge is -2.38. The molecule has 0 spiro atoms. The van der Waals surface area contributed by atoms with E-state index in [9.17, 15) is 4.79 Å². The number of carbonyl (C=O) groups is 1. The van der Waals surface area contributed by atoms with E-state index < -0.39 is 0 Å². The Bertz CT molecular complexity index is 391. The monoisotopic (exact) mass is 293 g/mol. The molecule has 2 fully saturated rings. The molecule has 3 aliphatic heterocycles. The molecule has 2 saturated heterocycles. The van der Waals surface area contributed by atoms with Crippen LogP contribution in [0.15, 0.2) is 12.3 Å². The van der Waals surface area contributed by atoms with Crippen LogP contribution < -0.4 is 0 Å². The molecule has 2 atom stereocenters. The van der Waals surface area contributed by atoms with Gasteiger partial charge in [0, 0.05) is 32.7 Å². The van der Waals surface area contributed by atoms with Crippen molar-refractivity contribution in [2.45, 2.75) is 37.8 Å². The first-order valence-electron chi connectivity index (χ1n) is 8.26. The van der Waals surface area contributed by atoms with E-state index >= 15 is 0 Å². The molecular weight excluding hydrogens is 266 g/mol. The smallest absolute Gasteiger partial charge is 0.240 e. The zero-order chi connectivity index (χ0) is 14.7. The first-order chi connectivity index (χ1) is 10.2. The fourth-order valence-electron chi connectivity index (χ4n) is 3.59. The molecule has 0 aromatic rings. The molecule has 0 aromatic heterocycles. The lowest BCUT2D eigenvalue weighted by atomic mass is 10.1. The Morgan fingerprint density at radius 1 is 1.19 bits per heavy atom. The van der Waals surface area contributed by atoms with Crippen LogP contribution in [0.2, 0.25) is 0 Å². The third-order valence-corrected chi connectivity index (χ3v) is 4.97. The highest BCUT2D eigenvalue weighted by molar-refractivity contribution is 5.82. The van der Waals surface area contributed by atoms with Crippen molar-refractivity contribution in [3.63, 3.8) is 0 Å². The Morgan fingerprint density at radius 3 is 2.62 bits per heavy atom. The van der Waals surface area contributed by atoms with E-state index in [-0.39, 0.29) is 6.04 Å². The average Bonchev–Trinajstić information content (AvgIpc) is 2.94. The van der Waals surface area contributed by atoms with Crippen molar-refractivity contribution in [1.82, 2.24) is 14.7 Å². The standard InChI is InChI=1S/C16H27N3O2/c1-17-7-4-6-15(17)16(20)19-10-8-18(9-11-19)13-14-5-2-3-12-21-14/h3,12,14-15H,2,4-11,13H2,1H3/t14-,15-/m1/s1. The number of likely N-dealkylation sites (N-methyl/N-ethyl adjacent to an activating group) is 1. The summed E-state index contributed by atoms with van der Waals surface area (Å²) in [6, 6.07) is 0.128. The minimum atomic E-state index is 0.128. The van der Waals surface area contributed by atoms with E-state index in [1.165, 1.54) is 0 Å². The molecule has 0 aliphatic carbocycles. The van der Waals surface area contributed by atoms with Crippen molar-refractivity contribution in [2.75, 3.05) is 46.3 Å². The van der Waals surface area contributed by atoms with Gasteiger partial charge in [0.1, 0.15) is 6.10 Å². The van der Waals surface area contributed by atoms with Crippen LogP contribution in [0, 0.1) is 0 Å². The van der Waals surface area contributed by atoms with E-state index in [1.807, 2.05) is 6.26 Å². The number of nitrogens with zero attached hydrogens (tertiary/aromatic N) is 3. The predicted molar refractivity (Wildman–Crippen MR) is 81.9 cm³/mol. The first kappa shape index (κ1) is 14.9. The van der Waals surface area contributed by atoms with Crippen LogP contribution in [0.4, 0.5) is 0 Å². The summed E-state index contributed by atoms with van der Waals surface area (Å²) in [5.74, 6) is 0.339. The molecule has 0 N–H and O–H groups in total. The number of hydrogen-bond donors (Lipinski definition) is 0. The van der Waals surface area contributed by atoms with Crippen LogP contribution in [-0.4, -0.2) is 79.1 Å². The number of piperazine rings is 1. The highest BCUT2D eigenvalue weighted by Gasteiger charge is 2.33. The summed E-state index contributed by atoms with van der Waals surface area (Å²) < 4.78 is 5.64. The maximum atomic E-state index is 12.5. The van der Waals surface area contributed by atoms with Crippen LogP contribution in [0.25, 0.3) is 0 Å². The van der Waals surface area contributed by atoms with E-state index in [0.29, 0.717) is 12.0 Å². The van der Waals surface area contributed by atoms with Gasteiger partial charge < -0.3 is 9.64 Å². The third-order valence-electron chi connectivity index (χ3n) is 4.97. The van der Waals surface area contributed by atoms with Gasteiger partial charge in [0.2, 0.25) is 5.91 Å². The minimum absolute atomic E-state index is 0.128. The maximum Gasteiger partial charge on any atom is 0.240 e. The molecule has 118 valence electrons. The van der Waals surface area contributed by atoms with Gasteiger partial charge in [0.25, 0.3) is 0 Å². The summed E-state index contributed by atoms with van der Waals surface area (Å²) >= 11 is 0. The Hall–Kier alpha value is -1.07. The second-order valence-electron chi connectivity index (χ2n) is 6.47. The zero-order valence-electron chi connectivity index (χ0n) is 13.0. The molecule has 3 aliphatic rings. The molecule has 5 heteroatoms. The zero-order valence-corrected chi connectivity index (χ0v) is 13.0. The second kappa shape index (κ2) is 6.79. The Kier molecular flexibility index (Phi) is 4.80. The number of allylic oxidation sites excluding steroid dienone is 1. The Labute approximate surface area is 127 Å². The maximum absolute atomic E-state index is 12.5. The summed E-state index contributed by atoms with van der Waals surface area (Å²) in [7, 11) is 2.07. The van der Waals surface area contributed by atoms with Crippen LogP contribution >= 0.6 is 0 Å². The second-order valence-corrected chi connectivity index (χ2v) is 6.47. The van der Waals surface area contributed by atoms with Gasteiger partial charge in [0.05, 0.1) is 12.3 Å². The van der Waals surface area contributed by atoms with Crippen molar-refractivity contribution in [3.05, 3.63) is 12.3 Å². The molecule has 0 aromatic carbocycles. The van der Waals surface area contributed by atoms with Gasteiger partial charge in [-0.25, -0.2) is 0 Å². The lowest BCUT2D eigenvalue weighted by molar-refractivity contribution is -0.137. The van der Waals surface area contributed by atoms with E-state index in [1.54, 1.807) is 0 Å². The van der Waals surface area contributed by atoms with Gasteiger partial charge in [-0.05, 0) is 45.4 Å². The molecular formula is C16H27N3O2. The Morgan fingerprint density at radius 2 is 2.00 bits per heavy atom. The van der Waals surface area contributed by atoms with E-state index in [4.69, 9.17) is 4.74 Å². The molecule has 0 radical (unpaired) electrons. The van der Waals surface area contributed by atoms with Crippen LogP contribution in [0.3, 0.4) is 0 Å². The summed E-state index contributed by atoms with van der Waals surface area (Å²) in [5, 5.41) is 0. The molecule has 0 unspecified atom stereocenters. The predicted octanol–water partition coefficient (Wildman–Crippen LogP) is 0.918. The number of hydrogen-bond acceptors (Lipinski definition) is 4. The number of rotatable bonds is 3. The summed E-state index contributed by atoms with van der Waals surface area (Å²) in [6.07, 6.45) is 8.67. The highest BCUT2D eigenvalue weighted by atomic mass is 16.5. The van der Waals surface area contributed by atoms with Gasteiger partial charge in [-0.15, -0.1) is 0 Å². The van der Waals surface area contributed by atoms with Crippen molar-refractivity contribution < 1.29 is 9.53 Å². The number of ether oxygens (including phenoxy) is 1. The van der Waals surface area contributed by atoms with Gasteiger partial charge in [0.15, 0.2) is 0 Å². The first-order valence-corrected chi connectivity index (χ1v) is 8.26. The van der Waals surface area contributed by atoms with Gasteiger partial charge in [-0.1, -0.05) is 0 Å². The van der Waals surface area contributed by atoms with Gasteiger partial charge >= 0.3 is 0 Å². The normalized spacial score (nSPS) is 31.4. The number of amides is 1. The van der Waals surface area contributed by atoms with Crippen molar-refractivity contribution in [1.29, 1.82) is 0 Å². The fraction of sp³-hybridized carbons (Fsp3) is 0.812. The quantitative estimate of drug-likeness (QED) is 0.775. The summed E-state index contributed by atoms with van der Waals surface area (Å²) in [6.45, 7) is 5.74. The highest BCUT2D eigenvalue weighted by Crippen LogP contribution is 2.18. The van der Waals surface area contributed by atoms with Crippen LogP contribution in [0.1, 0.15) is 25.7 Å². The largest absolute Gasteiger partial charge is 0.497 e. The molecule has 5 nitrogen and oxygen atoms in total. The lowest BCUT2D eigenvalue weighted by Crippen LogP contribution is -2.54. The van der Waals surface area contributed by atoms with Crippen molar-refractivity contribution in [2.24, 2.45) is 0 Å². The van der Waals surface area contributed by atoms with Crippen molar-refractivity contribution >= 4 is 5.91 Å². The summed E-state index contributed by atoms with van der Waals surface area (Å²) in [4.78, 5) is 19.2. The Balaban J connectivity index is 1.44. The summed E-state index contributed by atoms with van der Waals surface area (Å²) in [5.41, 5.74) is 0. The topological polar surface area (TPSA) is 36.0 Å². The third kappa shape index (κ3) is 3.58. The molecule has 21 heavy (non-hydrogen) atoms. The average molecular weight is 293 g/mol. The fourth-order valence-corrected chi connectivity index (χ4v) is 3.59. The van der Waals surface area contributed by atoms with Crippen LogP contribution in [-0.2, 0) is 9.53 Å². The van der Waals surface area contributed by atoms with Crippen molar-refractivity contribution in [3.8, 4) is 0 Å². The molecule has 3 rings (SSSR count). The van der Waals surface area contributed by atoms with Gasteiger partial charge in [-0.3, -0.25) is 14.6 Å². The molecule has 1 amide bonds. The van der Waals surface area contributed by atoms with E-state index in [2.05, 4.69) is 27.8 Å². The van der Waals surface area contributed by atoms with E-state index in [0.717, 1.165) is 65.0 Å². The minimum Gasteiger partial charge on any atom is -0.497 e. The van der Waals surface area contributed by atoms with Crippen LogP contribution in [0.5, 0.6) is 0 Å².